The van der Waals surface area contributed by atoms with Crippen molar-refractivity contribution in [2.24, 2.45) is 5.73 Å². The second kappa shape index (κ2) is 4.38. The number of nitrogens with two attached hydrogens (primary N) is 1. The van der Waals surface area contributed by atoms with Gasteiger partial charge in [0.15, 0.2) is 0 Å². The molecule has 1 amide bonds. The Kier molecular flexibility index (Phi) is 3.42. The van der Waals surface area contributed by atoms with Gasteiger partial charge in [-0.2, -0.15) is 0 Å². The van der Waals surface area contributed by atoms with Gasteiger partial charge in [-0.15, -0.1) is 0 Å². The molecule has 0 aliphatic carbocycles. The molecule has 0 aliphatic heterocycles. The van der Waals surface area contributed by atoms with Crippen LogP contribution in [0, 0.1) is 0 Å². The molecule has 5 heteroatoms. The number of primary amides is 1. The topological polar surface area (TPSA) is 61.5 Å². The van der Waals surface area contributed by atoms with Crippen LogP contribution in [0.15, 0.2) is 12.1 Å². The normalized spacial score (nSPS) is 9.64. The molecule has 1 aromatic rings. The van der Waals surface area contributed by atoms with Crippen LogP contribution in [0.2, 0.25) is 0 Å². The van der Waals surface area contributed by atoms with Crippen molar-refractivity contribution in [3.8, 4) is 11.5 Å². The first-order valence-corrected chi connectivity index (χ1v) is 5.12. The monoisotopic (exact) mass is 257 g/mol. The summed E-state index contributed by atoms with van der Waals surface area (Å²) in [5.74, 6) is 0.631. The summed E-state index contributed by atoms with van der Waals surface area (Å²) in [6, 6.07) is 3.41. The van der Waals surface area contributed by atoms with Crippen molar-refractivity contribution in [1.29, 1.82) is 0 Å². The minimum atomic E-state index is -0.483. The number of hydrogen-bond acceptors (Lipinski definition) is 3. The van der Waals surface area contributed by atoms with Crippen LogP contribution in [-0.4, -0.2) is 37.0 Å². The first kappa shape index (κ1) is 10.9. The Hall–Kier alpha value is -1.15. The van der Waals surface area contributed by atoms with Gasteiger partial charge < -0.3 is 0 Å². The van der Waals surface area contributed by atoms with E-state index in [9.17, 15) is 4.79 Å². The Labute approximate surface area is 90.9 Å². The zero-order chi connectivity index (χ0) is 10.7. The second-order valence-corrected chi connectivity index (χ2v) is 3.96. The number of hydrogen-bond donors (Lipinski definition) is 1. The second-order valence-electron chi connectivity index (χ2n) is 2.66. The minimum absolute atomic E-state index is 0.424. The zero-order valence-corrected chi connectivity index (χ0v) is 10.5. The average Bonchev–Trinajstić information content (AvgIpc) is 2.15. The van der Waals surface area contributed by atoms with E-state index >= 15 is 0 Å². The number of benzene rings is 1. The summed E-state index contributed by atoms with van der Waals surface area (Å²) in [6.07, 6.45) is 0. The number of rotatable bonds is 3. The van der Waals surface area contributed by atoms with E-state index in [-0.39, 0.29) is 0 Å². The fraction of sp³-hybridized carbons (Fsp3) is 0.222. The molecule has 2 N–H and O–H groups in total. The Morgan fingerprint density at radius 3 is 2.43 bits per heavy atom. The Balaban J connectivity index is 3.34. The summed E-state index contributed by atoms with van der Waals surface area (Å²) in [6.45, 7) is 0. The van der Waals surface area contributed by atoms with Crippen LogP contribution in [0.4, 0.5) is 0 Å². The standard InChI is InChI=1S/C9H12AsNO3/c1-13-5-3-6(10)8(9(11)12)7(4-5)14-2/h3-4H,10H2,1-2H3,(H2,11,12). The van der Waals surface area contributed by atoms with Gasteiger partial charge in [0, 0.05) is 0 Å². The van der Waals surface area contributed by atoms with Gasteiger partial charge in [0.2, 0.25) is 0 Å². The van der Waals surface area contributed by atoms with Gasteiger partial charge >= 0.3 is 90.5 Å². The van der Waals surface area contributed by atoms with Crippen LogP contribution in [0.1, 0.15) is 10.4 Å². The van der Waals surface area contributed by atoms with Gasteiger partial charge in [-0.3, -0.25) is 0 Å². The van der Waals surface area contributed by atoms with Crippen LogP contribution in [0.5, 0.6) is 11.5 Å². The molecule has 1 atom stereocenters. The summed E-state index contributed by atoms with van der Waals surface area (Å²) in [7, 11) is 3.05. The number of methoxy groups -OCH3 is 2. The molecular formula is C9H12AsNO3. The molecule has 1 rings (SSSR count). The van der Waals surface area contributed by atoms with Crippen LogP contribution in [-0.2, 0) is 0 Å². The summed E-state index contributed by atoms with van der Waals surface area (Å²) in [5.41, 5.74) is 5.66. The van der Waals surface area contributed by atoms with E-state index in [1.165, 1.54) is 24.0 Å². The number of carbonyl (C=O) groups excluding carboxylic acids is 1. The molecular weight excluding hydrogens is 245 g/mol. The SMILES string of the molecule is COc1cc([AsH2])c(C(N)=O)c(OC)c1. The van der Waals surface area contributed by atoms with E-state index < -0.39 is 5.91 Å². The third-order valence-corrected chi connectivity index (χ3v) is 2.76. The van der Waals surface area contributed by atoms with Crippen molar-refractivity contribution in [3.05, 3.63) is 17.7 Å². The van der Waals surface area contributed by atoms with E-state index in [1.807, 2.05) is 0 Å². The fourth-order valence-corrected chi connectivity index (χ4v) is 2.09. The Morgan fingerprint density at radius 1 is 1.36 bits per heavy atom. The van der Waals surface area contributed by atoms with E-state index in [4.69, 9.17) is 15.2 Å². The van der Waals surface area contributed by atoms with Crippen molar-refractivity contribution >= 4 is 27.1 Å². The number of amides is 1. The molecule has 4 nitrogen and oxygen atoms in total. The molecule has 0 aromatic heterocycles. The van der Waals surface area contributed by atoms with E-state index in [0.29, 0.717) is 17.1 Å². The van der Waals surface area contributed by atoms with Gasteiger partial charge in [0.05, 0.1) is 0 Å². The predicted molar refractivity (Wildman–Crippen MR) is 56.2 cm³/mol. The van der Waals surface area contributed by atoms with Crippen molar-refractivity contribution in [2.75, 3.05) is 14.2 Å². The number of carbonyl (C=O) groups is 1. The van der Waals surface area contributed by atoms with Crippen molar-refractivity contribution in [1.82, 2.24) is 0 Å². The third-order valence-electron chi connectivity index (χ3n) is 1.81. The predicted octanol–water partition coefficient (Wildman–Crippen LogP) is -0.939. The van der Waals surface area contributed by atoms with Crippen LogP contribution < -0.4 is 19.6 Å². The Bertz CT molecular complexity index is 365. The van der Waals surface area contributed by atoms with E-state index in [1.54, 1.807) is 19.2 Å². The average molecular weight is 257 g/mol. The van der Waals surface area contributed by atoms with Crippen LogP contribution in [0.25, 0.3) is 0 Å². The van der Waals surface area contributed by atoms with Crippen molar-refractivity contribution < 1.29 is 14.3 Å². The molecule has 76 valence electrons. The summed E-state index contributed by atoms with van der Waals surface area (Å²) < 4.78 is 10.9. The first-order valence-electron chi connectivity index (χ1n) is 3.91. The van der Waals surface area contributed by atoms with Crippen LogP contribution >= 0.6 is 0 Å². The van der Waals surface area contributed by atoms with Crippen LogP contribution in [0.3, 0.4) is 0 Å². The Morgan fingerprint density at radius 2 is 2.00 bits per heavy atom. The molecule has 1 unspecified atom stereocenters. The summed E-state index contributed by atoms with van der Waals surface area (Å²) in [5, 5.41) is 0. The fourth-order valence-electron chi connectivity index (χ4n) is 1.15. The van der Waals surface area contributed by atoms with Crippen molar-refractivity contribution in [2.45, 2.75) is 0 Å². The molecule has 0 radical (unpaired) electrons. The molecule has 0 fully saturated rings. The first-order chi connectivity index (χ1) is 6.60. The molecule has 0 saturated heterocycles. The van der Waals surface area contributed by atoms with Gasteiger partial charge in [0.25, 0.3) is 0 Å². The summed E-state index contributed by atoms with van der Waals surface area (Å²) in [4.78, 5) is 11.1. The van der Waals surface area contributed by atoms with E-state index in [2.05, 4.69) is 0 Å². The molecule has 0 heterocycles. The van der Waals surface area contributed by atoms with Gasteiger partial charge in [-0.05, 0) is 0 Å². The molecule has 0 spiro atoms. The van der Waals surface area contributed by atoms with Gasteiger partial charge in [-0.25, -0.2) is 0 Å². The maximum absolute atomic E-state index is 11.1. The molecule has 0 saturated carbocycles. The zero-order valence-electron chi connectivity index (χ0n) is 8.03. The van der Waals surface area contributed by atoms with E-state index in [0.717, 1.165) is 4.35 Å². The summed E-state index contributed by atoms with van der Waals surface area (Å²) >= 11 is 1.30. The molecule has 0 aliphatic rings. The molecule has 1 aromatic carbocycles. The third kappa shape index (κ3) is 2.02. The van der Waals surface area contributed by atoms with Gasteiger partial charge in [0.1, 0.15) is 0 Å². The van der Waals surface area contributed by atoms with Gasteiger partial charge in [-0.1, -0.05) is 0 Å². The maximum atomic E-state index is 11.1. The van der Waals surface area contributed by atoms with Crippen molar-refractivity contribution in [3.63, 3.8) is 0 Å². The number of ether oxygens (including phenoxy) is 2. The quantitative estimate of drug-likeness (QED) is 0.711. The molecule has 0 bridgehead atoms. The molecule has 14 heavy (non-hydrogen) atoms.